The molecule has 154 valence electrons. The summed E-state index contributed by atoms with van der Waals surface area (Å²) in [6.45, 7) is 4.85. The SMILES string of the molecule is CCOC(=O)c1cccc(N(CC)CC(=O)N(CCC(N)=O)c2ccccc2)c1. The number of benzene rings is 2. The van der Waals surface area contributed by atoms with Crippen molar-refractivity contribution in [3.8, 4) is 0 Å². The summed E-state index contributed by atoms with van der Waals surface area (Å²) in [7, 11) is 0. The van der Waals surface area contributed by atoms with Gasteiger partial charge in [-0.1, -0.05) is 24.3 Å². The summed E-state index contributed by atoms with van der Waals surface area (Å²) in [5, 5.41) is 0. The number of hydrogen-bond acceptors (Lipinski definition) is 5. The van der Waals surface area contributed by atoms with E-state index in [-0.39, 0.29) is 25.4 Å². The van der Waals surface area contributed by atoms with E-state index in [1.807, 2.05) is 48.2 Å². The Labute approximate surface area is 171 Å². The van der Waals surface area contributed by atoms with E-state index in [0.29, 0.717) is 24.4 Å². The van der Waals surface area contributed by atoms with E-state index in [4.69, 9.17) is 10.5 Å². The molecule has 0 fully saturated rings. The molecule has 2 N–H and O–H groups in total. The van der Waals surface area contributed by atoms with Crippen molar-refractivity contribution in [3.63, 3.8) is 0 Å². The number of ether oxygens (including phenoxy) is 1. The lowest BCUT2D eigenvalue weighted by molar-refractivity contribution is -0.118. The molecule has 2 aromatic rings. The van der Waals surface area contributed by atoms with Crippen molar-refractivity contribution in [2.24, 2.45) is 5.73 Å². The summed E-state index contributed by atoms with van der Waals surface area (Å²) in [5.74, 6) is -1.03. The second kappa shape index (κ2) is 10.8. The summed E-state index contributed by atoms with van der Waals surface area (Å²) in [4.78, 5) is 39.7. The highest BCUT2D eigenvalue weighted by atomic mass is 16.5. The lowest BCUT2D eigenvalue weighted by Gasteiger charge is -2.28. The molecule has 0 heterocycles. The number of nitrogens with two attached hydrogens (primary N) is 1. The zero-order valence-corrected chi connectivity index (χ0v) is 16.8. The molecule has 0 spiro atoms. The van der Waals surface area contributed by atoms with Crippen molar-refractivity contribution >= 4 is 29.2 Å². The van der Waals surface area contributed by atoms with Crippen molar-refractivity contribution in [3.05, 3.63) is 60.2 Å². The zero-order chi connectivity index (χ0) is 21.2. The van der Waals surface area contributed by atoms with Gasteiger partial charge in [-0.3, -0.25) is 9.59 Å². The number of carbonyl (C=O) groups excluding carboxylic acids is 3. The van der Waals surface area contributed by atoms with E-state index < -0.39 is 11.9 Å². The van der Waals surface area contributed by atoms with E-state index >= 15 is 0 Å². The maximum absolute atomic E-state index is 13.1. The first-order chi connectivity index (χ1) is 14.0. The quantitative estimate of drug-likeness (QED) is 0.622. The van der Waals surface area contributed by atoms with Crippen LogP contribution in [0.25, 0.3) is 0 Å². The molecule has 0 atom stereocenters. The van der Waals surface area contributed by atoms with Crippen molar-refractivity contribution < 1.29 is 19.1 Å². The maximum Gasteiger partial charge on any atom is 0.338 e. The molecule has 0 radical (unpaired) electrons. The van der Waals surface area contributed by atoms with Gasteiger partial charge in [0.25, 0.3) is 0 Å². The largest absolute Gasteiger partial charge is 0.462 e. The van der Waals surface area contributed by atoms with Crippen LogP contribution in [0.5, 0.6) is 0 Å². The average Bonchev–Trinajstić information content (AvgIpc) is 2.73. The van der Waals surface area contributed by atoms with Gasteiger partial charge in [0.2, 0.25) is 11.8 Å². The Morgan fingerprint density at radius 3 is 2.28 bits per heavy atom. The van der Waals surface area contributed by atoms with Crippen LogP contribution in [0.15, 0.2) is 54.6 Å². The molecule has 0 aliphatic carbocycles. The van der Waals surface area contributed by atoms with Crippen molar-refractivity contribution in [2.75, 3.05) is 36.0 Å². The van der Waals surface area contributed by atoms with Crippen LogP contribution in [0.3, 0.4) is 0 Å². The number of para-hydroxylation sites is 1. The van der Waals surface area contributed by atoms with Crippen molar-refractivity contribution in [1.82, 2.24) is 0 Å². The van der Waals surface area contributed by atoms with Crippen LogP contribution in [0.4, 0.5) is 11.4 Å². The summed E-state index contributed by atoms with van der Waals surface area (Å²) < 4.78 is 5.05. The molecule has 7 nitrogen and oxygen atoms in total. The van der Waals surface area contributed by atoms with Gasteiger partial charge in [0, 0.05) is 30.9 Å². The molecular weight excluding hydrogens is 370 g/mol. The number of hydrogen-bond donors (Lipinski definition) is 1. The first kappa shape index (κ1) is 21.9. The van der Waals surface area contributed by atoms with Crippen LogP contribution in [0, 0.1) is 0 Å². The van der Waals surface area contributed by atoms with Gasteiger partial charge < -0.3 is 20.3 Å². The van der Waals surface area contributed by atoms with Crippen LogP contribution in [-0.4, -0.2) is 44.0 Å². The number of anilines is 2. The maximum atomic E-state index is 13.1. The lowest BCUT2D eigenvalue weighted by Crippen LogP contribution is -2.42. The van der Waals surface area contributed by atoms with E-state index in [9.17, 15) is 14.4 Å². The Balaban J connectivity index is 2.21. The highest BCUT2D eigenvalue weighted by molar-refractivity contribution is 5.97. The average molecular weight is 397 g/mol. The molecule has 0 aromatic heterocycles. The van der Waals surface area contributed by atoms with Crippen molar-refractivity contribution in [1.29, 1.82) is 0 Å². The molecule has 29 heavy (non-hydrogen) atoms. The fourth-order valence-electron chi connectivity index (χ4n) is 2.91. The van der Waals surface area contributed by atoms with E-state index in [0.717, 1.165) is 5.69 Å². The highest BCUT2D eigenvalue weighted by Crippen LogP contribution is 2.19. The van der Waals surface area contributed by atoms with Gasteiger partial charge in [0.15, 0.2) is 0 Å². The van der Waals surface area contributed by atoms with Gasteiger partial charge >= 0.3 is 5.97 Å². The van der Waals surface area contributed by atoms with Crippen LogP contribution in [-0.2, 0) is 14.3 Å². The molecular formula is C22H27N3O4. The van der Waals surface area contributed by atoms with E-state index in [2.05, 4.69) is 0 Å². The Kier molecular flexibility index (Phi) is 8.21. The molecule has 0 saturated carbocycles. The Hall–Kier alpha value is -3.35. The fraction of sp³-hybridized carbons (Fsp3) is 0.318. The minimum Gasteiger partial charge on any atom is -0.462 e. The number of primary amides is 1. The van der Waals surface area contributed by atoms with Crippen LogP contribution < -0.4 is 15.5 Å². The zero-order valence-electron chi connectivity index (χ0n) is 16.8. The summed E-state index contributed by atoms with van der Waals surface area (Å²) in [6, 6.07) is 16.2. The second-order valence-corrected chi connectivity index (χ2v) is 6.38. The predicted octanol–water partition coefficient (Wildman–Crippen LogP) is 2.60. The van der Waals surface area contributed by atoms with Gasteiger partial charge in [-0.05, 0) is 44.2 Å². The van der Waals surface area contributed by atoms with Crippen LogP contribution >= 0.6 is 0 Å². The topological polar surface area (TPSA) is 92.9 Å². The Morgan fingerprint density at radius 1 is 0.966 bits per heavy atom. The Bertz CT molecular complexity index is 839. The second-order valence-electron chi connectivity index (χ2n) is 6.38. The molecule has 0 aliphatic rings. The monoisotopic (exact) mass is 397 g/mol. The number of carbonyl (C=O) groups is 3. The number of nitrogens with zero attached hydrogens (tertiary/aromatic N) is 2. The first-order valence-corrected chi connectivity index (χ1v) is 9.62. The van der Waals surface area contributed by atoms with Crippen molar-refractivity contribution in [2.45, 2.75) is 20.3 Å². The Morgan fingerprint density at radius 2 is 1.66 bits per heavy atom. The normalized spacial score (nSPS) is 10.3. The van der Waals surface area contributed by atoms with Crippen LogP contribution in [0.2, 0.25) is 0 Å². The predicted molar refractivity (Wildman–Crippen MR) is 113 cm³/mol. The van der Waals surface area contributed by atoms with Gasteiger partial charge in [-0.15, -0.1) is 0 Å². The van der Waals surface area contributed by atoms with Gasteiger partial charge in [-0.25, -0.2) is 4.79 Å². The summed E-state index contributed by atoms with van der Waals surface area (Å²) >= 11 is 0. The molecule has 0 bridgehead atoms. The highest BCUT2D eigenvalue weighted by Gasteiger charge is 2.20. The van der Waals surface area contributed by atoms with Crippen LogP contribution in [0.1, 0.15) is 30.6 Å². The molecule has 7 heteroatoms. The summed E-state index contributed by atoms with van der Waals surface area (Å²) in [5.41, 5.74) is 7.16. The third-order valence-electron chi connectivity index (χ3n) is 4.38. The minimum atomic E-state index is -0.465. The van der Waals surface area contributed by atoms with Gasteiger partial charge in [0.1, 0.15) is 0 Å². The molecule has 2 amide bonds. The third-order valence-corrected chi connectivity index (χ3v) is 4.38. The number of likely N-dealkylation sites (N-methyl/N-ethyl adjacent to an activating group) is 1. The van der Waals surface area contributed by atoms with Gasteiger partial charge in [0.05, 0.1) is 18.7 Å². The molecule has 0 saturated heterocycles. The number of esters is 1. The number of rotatable bonds is 10. The van der Waals surface area contributed by atoms with E-state index in [1.165, 1.54) is 0 Å². The third kappa shape index (κ3) is 6.34. The molecule has 0 unspecified atom stereocenters. The molecule has 2 aromatic carbocycles. The first-order valence-electron chi connectivity index (χ1n) is 9.62. The standard InChI is InChI=1S/C22H27N3O4/c1-3-24(19-12-8-9-17(15-19)22(28)29-4-2)16-21(27)25(14-13-20(23)26)18-10-6-5-7-11-18/h5-12,15H,3-4,13-14,16H2,1-2H3,(H2,23,26). The van der Waals surface area contributed by atoms with E-state index in [1.54, 1.807) is 30.0 Å². The lowest BCUT2D eigenvalue weighted by atomic mass is 10.2. The van der Waals surface area contributed by atoms with Gasteiger partial charge in [-0.2, -0.15) is 0 Å². The smallest absolute Gasteiger partial charge is 0.338 e. The summed E-state index contributed by atoms with van der Waals surface area (Å²) in [6.07, 6.45) is 0.0745. The molecule has 0 aliphatic heterocycles. The fourth-order valence-corrected chi connectivity index (χ4v) is 2.91. The molecule has 2 rings (SSSR count). The minimum absolute atomic E-state index is 0.0745. The number of amides is 2.